The lowest BCUT2D eigenvalue weighted by atomic mass is 9.97. The molecular formula is C12H21N3. The summed E-state index contributed by atoms with van der Waals surface area (Å²) in [5.74, 6) is 1.69. The molecule has 2 heterocycles. The van der Waals surface area contributed by atoms with Gasteiger partial charge in [0.25, 0.3) is 0 Å². The zero-order valence-corrected chi connectivity index (χ0v) is 9.90. The molecule has 1 aromatic rings. The molecule has 0 bridgehead atoms. The van der Waals surface area contributed by atoms with Crippen LogP contribution < -0.4 is 5.73 Å². The Kier molecular flexibility index (Phi) is 2.83. The van der Waals surface area contributed by atoms with Gasteiger partial charge in [-0.1, -0.05) is 13.8 Å². The van der Waals surface area contributed by atoms with Crippen LogP contribution in [0, 0.1) is 0 Å². The zero-order valence-electron chi connectivity index (χ0n) is 9.90. The number of hydrogen-bond acceptors (Lipinski definition) is 2. The summed E-state index contributed by atoms with van der Waals surface area (Å²) < 4.78 is 2.39. The molecule has 3 nitrogen and oxygen atoms in total. The van der Waals surface area contributed by atoms with E-state index in [2.05, 4.69) is 30.3 Å². The highest BCUT2D eigenvalue weighted by Crippen LogP contribution is 2.30. The molecule has 0 saturated carbocycles. The maximum atomic E-state index is 6.06. The molecule has 1 aromatic heterocycles. The van der Waals surface area contributed by atoms with Gasteiger partial charge in [0.15, 0.2) is 0 Å². The van der Waals surface area contributed by atoms with Crippen molar-refractivity contribution in [3.8, 4) is 0 Å². The van der Waals surface area contributed by atoms with Crippen molar-refractivity contribution in [2.45, 2.75) is 58.0 Å². The van der Waals surface area contributed by atoms with Gasteiger partial charge in [0.1, 0.15) is 5.82 Å². The SMILES string of the molecule is CC(C)c1ncc2n1C(C(C)N)CCC2. The molecule has 2 unspecified atom stereocenters. The summed E-state index contributed by atoms with van der Waals surface area (Å²) in [5.41, 5.74) is 7.43. The van der Waals surface area contributed by atoms with E-state index in [1.54, 1.807) is 0 Å². The lowest BCUT2D eigenvalue weighted by molar-refractivity contribution is 0.341. The summed E-state index contributed by atoms with van der Waals surface area (Å²) in [5, 5.41) is 0. The van der Waals surface area contributed by atoms with Gasteiger partial charge in [-0.15, -0.1) is 0 Å². The molecule has 2 N–H and O–H groups in total. The molecule has 84 valence electrons. The van der Waals surface area contributed by atoms with Gasteiger partial charge in [-0.25, -0.2) is 4.98 Å². The Hall–Kier alpha value is -0.830. The summed E-state index contributed by atoms with van der Waals surface area (Å²) in [4.78, 5) is 4.54. The van der Waals surface area contributed by atoms with E-state index >= 15 is 0 Å². The molecule has 15 heavy (non-hydrogen) atoms. The molecule has 0 fully saturated rings. The van der Waals surface area contributed by atoms with Gasteiger partial charge in [0, 0.05) is 29.9 Å². The Bertz CT molecular complexity index is 339. The topological polar surface area (TPSA) is 43.8 Å². The first-order chi connectivity index (χ1) is 7.11. The predicted octanol–water partition coefficient (Wildman–Crippen LogP) is 2.23. The maximum Gasteiger partial charge on any atom is 0.111 e. The van der Waals surface area contributed by atoms with E-state index in [1.165, 1.54) is 24.4 Å². The van der Waals surface area contributed by atoms with Crippen molar-refractivity contribution in [2.24, 2.45) is 5.73 Å². The van der Waals surface area contributed by atoms with Crippen LogP contribution in [0.2, 0.25) is 0 Å². The second-order valence-corrected chi connectivity index (χ2v) is 4.95. The summed E-state index contributed by atoms with van der Waals surface area (Å²) in [6.07, 6.45) is 5.63. The summed E-state index contributed by atoms with van der Waals surface area (Å²) in [7, 11) is 0. The molecule has 0 aliphatic carbocycles. The fraction of sp³-hybridized carbons (Fsp3) is 0.750. The second-order valence-electron chi connectivity index (χ2n) is 4.95. The molecule has 2 atom stereocenters. The lowest BCUT2D eigenvalue weighted by Gasteiger charge is -2.31. The largest absolute Gasteiger partial charge is 0.327 e. The normalized spacial score (nSPS) is 22.9. The number of hydrogen-bond donors (Lipinski definition) is 1. The van der Waals surface area contributed by atoms with E-state index < -0.39 is 0 Å². The molecule has 0 aromatic carbocycles. The van der Waals surface area contributed by atoms with Crippen LogP contribution in [-0.4, -0.2) is 15.6 Å². The Morgan fingerprint density at radius 2 is 2.20 bits per heavy atom. The van der Waals surface area contributed by atoms with Crippen molar-refractivity contribution in [3.63, 3.8) is 0 Å². The third kappa shape index (κ3) is 1.81. The van der Waals surface area contributed by atoms with Gasteiger partial charge in [-0.3, -0.25) is 0 Å². The van der Waals surface area contributed by atoms with E-state index in [-0.39, 0.29) is 6.04 Å². The summed E-state index contributed by atoms with van der Waals surface area (Å²) in [6, 6.07) is 0.671. The number of aromatic nitrogens is 2. The number of imidazole rings is 1. The van der Waals surface area contributed by atoms with Crippen LogP contribution in [0.15, 0.2) is 6.20 Å². The van der Waals surface area contributed by atoms with Crippen LogP contribution in [0.3, 0.4) is 0 Å². The van der Waals surface area contributed by atoms with Gasteiger partial charge >= 0.3 is 0 Å². The van der Waals surface area contributed by atoms with Gasteiger partial charge in [-0.05, 0) is 26.2 Å². The Labute approximate surface area is 91.7 Å². The molecule has 0 radical (unpaired) electrons. The number of nitrogens with two attached hydrogens (primary N) is 1. The number of nitrogens with zero attached hydrogens (tertiary/aromatic N) is 2. The Morgan fingerprint density at radius 1 is 1.47 bits per heavy atom. The molecule has 0 spiro atoms. The van der Waals surface area contributed by atoms with Crippen molar-refractivity contribution in [1.29, 1.82) is 0 Å². The second kappa shape index (κ2) is 3.97. The van der Waals surface area contributed by atoms with Crippen LogP contribution in [0.5, 0.6) is 0 Å². The van der Waals surface area contributed by atoms with Crippen molar-refractivity contribution < 1.29 is 0 Å². The van der Waals surface area contributed by atoms with Crippen LogP contribution >= 0.6 is 0 Å². The fourth-order valence-corrected chi connectivity index (χ4v) is 2.53. The first-order valence-corrected chi connectivity index (χ1v) is 5.93. The Balaban J connectivity index is 2.43. The molecule has 1 aliphatic rings. The fourth-order valence-electron chi connectivity index (χ4n) is 2.53. The first-order valence-electron chi connectivity index (χ1n) is 5.93. The van der Waals surface area contributed by atoms with Gasteiger partial charge in [0.05, 0.1) is 0 Å². The van der Waals surface area contributed by atoms with Crippen LogP contribution in [0.4, 0.5) is 0 Å². The average molecular weight is 207 g/mol. The standard InChI is InChI=1S/C12H21N3/c1-8(2)12-14-7-10-5-4-6-11(9(3)13)15(10)12/h7-9,11H,4-6,13H2,1-3H3. The number of aryl methyl sites for hydroxylation is 1. The van der Waals surface area contributed by atoms with E-state index in [0.717, 1.165) is 6.42 Å². The monoisotopic (exact) mass is 207 g/mol. The third-order valence-corrected chi connectivity index (χ3v) is 3.29. The minimum absolute atomic E-state index is 0.218. The minimum atomic E-state index is 0.218. The molecule has 2 rings (SSSR count). The van der Waals surface area contributed by atoms with Crippen LogP contribution in [0.1, 0.15) is 57.1 Å². The van der Waals surface area contributed by atoms with E-state index in [0.29, 0.717) is 12.0 Å². The van der Waals surface area contributed by atoms with Gasteiger partial charge in [0.2, 0.25) is 0 Å². The zero-order chi connectivity index (χ0) is 11.0. The lowest BCUT2D eigenvalue weighted by Crippen LogP contribution is -2.33. The average Bonchev–Trinajstić information content (AvgIpc) is 2.60. The molecule has 0 saturated heterocycles. The molecule has 1 aliphatic heterocycles. The Morgan fingerprint density at radius 3 is 2.80 bits per heavy atom. The smallest absolute Gasteiger partial charge is 0.111 e. The highest BCUT2D eigenvalue weighted by molar-refractivity contribution is 5.13. The molecule has 3 heteroatoms. The van der Waals surface area contributed by atoms with Gasteiger partial charge in [-0.2, -0.15) is 0 Å². The van der Waals surface area contributed by atoms with Crippen LogP contribution in [-0.2, 0) is 6.42 Å². The quantitative estimate of drug-likeness (QED) is 0.808. The van der Waals surface area contributed by atoms with Crippen molar-refractivity contribution in [2.75, 3.05) is 0 Å². The third-order valence-electron chi connectivity index (χ3n) is 3.29. The minimum Gasteiger partial charge on any atom is -0.327 e. The summed E-state index contributed by atoms with van der Waals surface area (Å²) >= 11 is 0. The highest BCUT2D eigenvalue weighted by atomic mass is 15.1. The highest BCUT2D eigenvalue weighted by Gasteiger charge is 2.26. The van der Waals surface area contributed by atoms with Crippen molar-refractivity contribution in [1.82, 2.24) is 9.55 Å². The molecular weight excluding hydrogens is 186 g/mol. The van der Waals surface area contributed by atoms with E-state index in [4.69, 9.17) is 5.73 Å². The maximum absolute atomic E-state index is 6.06. The first kappa shape index (κ1) is 10.7. The van der Waals surface area contributed by atoms with Crippen LogP contribution in [0.25, 0.3) is 0 Å². The predicted molar refractivity (Wildman–Crippen MR) is 61.9 cm³/mol. The van der Waals surface area contributed by atoms with E-state index in [9.17, 15) is 0 Å². The van der Waals surface area contributed by atoms with Crippen molar-refractivity contribution in [3.05, 3.63) is 17.7 Å². The summed E-state index contributed by atoms with van der Waals surface area (Å²) in [6.45, 7) is 6.49. The number of rotatable bonds is 2. The van der Waals surface area contributed by atoms with Gasteiger partial charge < -0.3 is 10.3 Å². The molecule has 0 amide bonds. The number of fused-ring (bicyclic) bond motifs is 1. The van der Waals surface area contributed by atoms with Crippen molar-refractivity contribution >= 4 is 0 Å². The van der Waals surface area contributed by atoms with E-state index in [1.807, 2.05) is 6.20 Å².